The average Bonchev–Trinajstić information content (AvgIpc) is 3.18. The van der Waals surface area contributed by atoms with Crippen molar-refractivity contribution < 1.29 is 76.3 Å². The first-order valence-electron chi connectivity index (χ1n) is 19.8. The highest BCUT2D eigenvalue weighted by atomic mass is 16.6. The number of carbonyl (C=O) groups excluding carboxylic acids is 1. The van der Waals surface area contributed by atoms with Crippen LogP contribution in [-0.2, 0) is 52.2 Å². The third kappa shape index (κ3) is 28.5. The van der Waals surface area contributed by atoms with Crippen LogP contribution in [0.15, 0.2) is 12.1 Å². The Hall–Kier alpha value is -2.88. The number of hydrogen-bond acceptors (Lipinski definition) is 16. The van der Waals surface area contributed by atoms with E-state index < -0.39 is 11.4 Å². The second kappa shape index (κ2) is 33.9. The second-order valence-electron chi connectivity index (χ2n) is 14.5. The molecule has 18 nitrogen and oxygen atoms in total. The van der Waals surface area contributed by atoms with Crippen LogP contribution in [0.25, 0.3) is 0 Å². The summed E-state index contributed by atoms with van der Waals surface area (Å²) in [4.78, 5) is 23.9. The predicted octanol–water partition coefficient (Wildman–Crippen LogP) is 2.46. The van der Waals surface area contributed by atoms with Crippen LogP contribution in [0.2, 0.25) is 0 Å². The maximum absolute atomic E-state index is 13.1. The van der Waals surface area contributed by atoms with Gasteiger partial charge in [-0.3, -0.25) is 9.59 Å². The van der Waals surface area contributed by atoms with Gasteiger partial charge in [-0.15, -0.1) is 0 Å². The molecule has 0 saturated carbocycles. The summed E-state index contributed by atoms with van der Waals surface area (Å²) >= 11 is 0. The van der Waals surface area contributed by atoms with E-state index in [0.717, 1.165) is 0 Å². The van der Waals surface area contributed by atoms with Gasteiger partial charge >= 0.3 is 5.97 Å². The van der Waals surface area contributed by atoms with Crippen molar-refractivity contribution >= 4 is 11.9 Å². The Labute approximate surface area is 344 Å². The lowest BCUT2D eigenvalue weighted by atomic mass is 9.94. The summed E-state index contributed by atoms with van der Waals surface area (Å²) in [5.74, 6) is -0.360. The van der Waals surface area contributed by atoms with Crippen molar-refractivity contribution in [2.75, 3.05) is 166 Å². The number of methoxy groups -OCH3 is 2. The summed E-state index contributed by atoms with van der Waals surface area (Å²) in [5, 5.41) is 11.7. The van der Waals surface area contributed by atoms with Crippen molar-refractivity contribution in [2.45, 2.75) is 34.1 Å². The van der Waals surface area contributed by atoms with E-state index in [2.05, 4.69) is 5.32 Å². The number of nitrogens with two attached hydrogens (primary N) is 1. The molecule has 0 atom stereocenters. The molecule has 0 aromatic heterocycles. The fourth-order valence-corrected chi connectivity index (χ4v) is 4.60. The molecule has 1 aromatic rings. The van der Waals surface area contributed by atoms with Crippen molar-refractivity contribution in [3.05, 3.63) is 17.7 Å². The quantitative estimate of drug-likeness (QED) is 0.0809. The molecular weight excluding hydrogens is 764 g/mol. The molecule has 18 heteroatoms. The van der Waals surface area contributed by atoms with Gasteiger partial charge in [-0.05, 0) is 12.1 Å². The van der Waals surface area contributed by atoms with Crippen LogP contribution in [0.5, 0.6) is 17.2 Å². The lowest BCUT2D eigenvalue weighted by molar-refractivity contribution is -0.138. The van der Waals surface area contributed by atoms with Gasteiger partial charge in [0.15, 0.2) is 11.5 Å². The highest BCUT2D eigenvalue weighted by Gasteiger charge is 2.26. The van der Waals surface area contributed by atoms with E-state index in [1.165, 1.54) is 0 Å². The van der Waals surface area contributed by atoms with E-state index in [4.69, 9.17) is 72.4 Å². The molecule has 58 heavy (non-hydrogen) atoms. The molecule has 0 unspecified atom stereocenters. The van der Waals surface area contributed by atoms with Gasteiger partial charge < -0.3 is 77.7 Å². The van der Waals surface area contributed by atoms with E-state index >= 15 is 0 Å². The molecule has 0 heterocycles. The summed E-state index contributed by atoms with van der Waals surface area (Å²) in [6.07, 6.45) is -0.0545. The monoisotopic (exact) mass is 836 g/mol. The number of rotatable bonds is 41. The number of carbonyl (C=O) groups is 2. The minimum Gasteiger partial charge on any atom is -0.487 e. The summed E-state index contributed by atoms with van der Waals surface area (Å²) in [7, 11) is 3.24. The predicted molar refractivity (Wildman–Crippen MR) is 214 cm³/mol. The molecule has 0 radical (unpaired) electrons. The fraction of sp³-hybridized carbons (Fsp3) is 0.800. The van der Waals surface area contributed by atoms with Crippen LogP contribution in [0.1, 0.15) is 44.5 Å². The molecule has 0 saturated heterocycles. The molecule has 0 aliphatic carbocycles. The summed E-state index contributed by atoms with van der Waals surface area (Å²) in [6, 6.07) is 3.20. The van der Waals surface area contributed by atoms with Crippen LogP contribution in [-0.4, -0.2) is 183 Å². The highest BCUT2D eigenvalue weighted by molar-refractivity contribution is 5.95. The zero-order chi connectivity index (χ0) is 42.7. The molecule has 0 aliphatic heterocycles. The lowest BCUT2D eigenvalue weighted by Gasteiger charge is -2.29. The summed E-state index contributed by atoms with van der Waals surface area (Å²) in [6.45, 7) is 16.2. The van der Waals surface area contributed by atoms with Gasteiger partial charge in [0.25, 0.3) is 5.91 Å². The molecule has 0 fully saturated rings. The third-order valence-electron chi connectivity index (χ3n) is 7.58. The summed E-state index contributed by atoms with van der Waals surface area (Å²) < 4.78 is 73.6. The number of aliphatic carboxylic acids is 1. The highest BCUT2D eigenvalue weighted by Crippen LogP contribution is 2.40. The maximum atomic E-state index is 13.1. The smallest absolute Gasteiger partial charge is 0.305 e. The molecule has 0 bridgehead atoms. The molecule has 0 aliphatic rings. The fourth-order valence-electron chi connectivity index (χ4n) is 4.60. The number of ether oxygens (including phenoxy) is 13. The van der Waals surface area contributed by atoms with Crippen molar-refractivity contribution in [3.8, 4) is 17.2 Å². The minimum absolute atomic E-state index is 0.0545. The largest absolute Gasteiger partial charge is 0.487 e. The third-order valence-corrected chi connectivity index (χ3v) is 7.58. The van der Waals surface area contributed by atoms with Crippen molar-refractivity contribution in [2.24, 2.45) is 16.6 Å². The normalized spacial score (nSPS) is 11.8. The SMILES string of the molecule is COCCOCCOCCOCCOc1cc(C(=O)NCCN)cc(OCCOCCOCCOCCOC)c1OCC(C)(C)COCC(C)(C)COCCC(=O)O. The van der Waals surface area contributed by atoms with Crippen molar-refractivity contribution in [1.29, 1.82) is 0 Å². The van der Waals surface area contributed by atoms with Gasteiger partial charge in [-0.25, -0.2) is 0 Å². The van der Waals surface area contributed by atoms with E-state index in [1.54, 1.807) is 26.4 Å². The number of carboxylic acid groups (broad SMARTS) is 1. The molecule has 0 spiro atoms. The van der Waals surface area contributed by atoms with Crippen LogP contribution < -0.4 is 25.3 Å². The summed E-state index contributed by atoms with van der Waals surface area (Å²) in [5.41, 5.74) is 5.13. The van der Waals surface area contributed by atoms with Gasteiger partial charge in [-0.1, -0.05) is 27.7 Å². The van der Waals surface area contributed by atoms with E-state index in [9.17, 15) is 9.59 Å². The molecule has 338 valence electrons. The average molecular weight is 837 g/mol. The number of hydrogen-bond donors (Lipinski definition) is 3. The van der Waals surface area contributed by atoms with Crippen molar-refractivity contribution in [3.63, 3.8) is 0 Å². The Morgan fingerprint density at radius 2 is 0.948 bits per heavy atom. The Bertz CT molecular complexity index is 1140. The second-order valence-corrected chi connectivity index (χ2v) is 14.5. The van der Waals surface area contributed by atoms with E-state index in [-0.39, 0.29) is 70.5 Å². The zero-order valence-corrected chi connectivity index (χ0v) is 35.8. The topological polar surface area (TPSA) is 212 Å². The van der Waals surface area contributed by atoms with Crippen LogP contribution >= 0.6 is 0 Å². The Kier molecular flexibility index (Phi) is 31.1. The zero-order valence-electron chi connectivity index (χ0n) is 35.8. The van der Waals surface area contributed by atoms with Crippen LogP contribution in [0, 0.1) is 10.8 Å². The van der Waals surface area contributed by atoms with Gasteiger partial charge in [0.1, 0.15) is 13.2 Å². The minimum atomic E-state index is -0.904. The maximum Gasteiger partial charge on any atom is 0.305 e. The number of nitrogens with one attached hydrogen (secondary N) is 1. The van der Waals surface area contributed by atoms with Gasteiger partial charge in [0.05, 0.1) is 132 Å². The van der Waals surface area contributed by atoms with Gasteiger partial charge in [0, 0.05) is 43.7 Å². The molecule has 1 amide bonds. The first-order valence-corrected chi connectivity index (χ1v) is 19.8. The molecule has 1 rings (SSSR count). The first kappa shape index (κ1) is 53.1. The number of benzene rings is 1. The molecule has 4 N–H and O–H groups in total. The van der Waals surface area contributed by atoms with Gasteiger partial charge in [-0.2, -0.15) is 0 Å². The standard InChI is InChI=1S/C40H72N2O16/c1-39(2,29-54-10-7-36(43)44)30-55-31-40(3,4)32-58-37-34(56-25-23-52-21-19-50-17-15-48-13-11-46-5)27-33(38(45)42-9-8-41)28-35(37)57-26-24-53-22-20-51-18-16-49-14-12-47-6/h27-28H,7-26,29-32,41H2,1-6H3,(H,42,45)(H,43,44). The number of amides is 1. The Morgan fingerprint density at radius 1 is 0.552 bits per heavy atom. The Morgan fingerprint density at radius 3 is 1.36 bits per heavy atom. The van der Waals surface area contributed by atoms with E-state index in [1.807, 2.05) is 27.7 Å². The number of carboxylic acids is 1. The first-order chi connectivity index (χ1) is 27.9. The lowest BCUT2D eigenvalue weighted by Crippen LogP contribution is -2.32. The molecular formula is C40H72N2O16. The Balaban J connectivity index is 2.96. The van der Waals surface area contributed by atoms with Crippen LogP contribution in [0.3, 0.4) is 0 Å². The van der Waals surface area contributed by atoms with E-state index in [0.29, 0.717) is 122 Å². The van der Waals surface area contributed by atoms with Crippen LogP contribution in [0.4, 0.5) is 0 Å². The molecule has 1 aromatic carbocycles. The van der Waals surface area contributed by atoms with Gasteiger partial charge in [0.2, 0.25) is 5.75 Å². The van der Waals surface area contributed by atoms with Crippen molar-refractivity contribution in [1.82, 2.24) is 5.32 Å².